The minimum Gasteiger partial charge on any atom is -0.465 e. The van der Waals surface area contributed by atoms with Gasteiger partial charge in [-0.2, -0.15) is 0 Å². The van der Waals surface area contributed by atoms with Crippen LogP contribution < -0.4 is 10.2 Å². The molecular weight excluding hydrogens is 368 g/mol. The number of carbonyl (C=O) groups is 3. The first-order valence-corrected chi connectivity index (χ1v) is 9.70. The van der Waals surface area contributed by atoms with E-state index < -0.39 is 11.9 Å². The van der Waals surface area contributed by atoms with Crippen LogP contribution in [0.15, 0.2) is 42.5 Å². The van der Waals surface area contributed by atoms with Gasteiger partial charge in [0, 0.05) is 24.3 Å². The van der Waals surface area contributed by atoms with E-state index in [-0.39, 0.29) is 18.2 Å². The summed E-state index contributed by atoms with van der Waals surface area (Å²) in [6.07, 6.45) is 0.178. The number of hydrogen-bond donors (Lipinski definition) is 1. The van der Waals surface area contributed by atoms with Crippen molar-refractivity contribution in [3.05, 3.63) is 59.2 Å². The molecule has 1 fully saturated rings. The summed E-state index contributed by atoms with van der Waals surface area (Å²) in [5, 5.41) is 2.89. The Kier molecular flexibility index (Phi) is 6.01. The largest absolute Gasteiger partial charge is 0.465 e. The zero-order chi connectivity index (χ0) is 21.1. The number of hydrogen-bond acceptors (Lipinski definition) is 4. The number of aryl methyl sites for hydroxylation is 1. The van der Waals surface area contributed by atoms with E-state index in [1.54, 1.807) is 23.1 Å². The maximum absolute atomic E-state index is 12.8. The summed E-state index contributed by atoms with van der Waals surface area (Å²) < 4.78 is 4.71. The molecule has 0 aromatic heterocycles. The van der Waals surface area contributed by atoms with Crippen molar-refractivity contribution in [3.8, 4) is 0 Å². The molecule has 3 rings (SSSR count). The zero-order valence-corrected chi connectivity index (χ0v) is 17.2. The van der Waals surface area contributed by atoms with Crippen LogP contribution in [0, 0.1) is 12.8 Å². The predicted molar refractivity (Wildman–Crippen MR) is 112 cm³/mol. The molecule has 1 heterocycles. The van der Waals surface area contributed by atoms with Gasteiger partial charge in [-0.25, -0.2) is 4.79 Å². The minimum absolute atomic E-state index is 0.0520. The highest BCUT2D eigenvalue weighted by Crippen LogP contribution is 2.29. The molecule has 1 saturated heterocycles. The number of esters is 1. The molecule has 6 heteroatoms. The van der Waals surface area contributed by atoms with Gasteiger partial charge < -0.3 is 15.0 Å². The lowest BCUT2D eigenvalue weighted by molar-refractivity contribution is -0.122. The molecule has 0 bridgehead atoms. The second-order valence-electron chi connectivity index (χ2n) is 7.67. The molecule has 1 atom stereocenters. The number of anilines is 2. The fourth-order valence-electron chi connectivity index (χ4n) is 3.47. The van der Waals surface area contributed by atoms with E-state index in [2.05, 4.69) is 19.2 Å². The molecule has 0 saturated carbocycles. The van der Waals surface area contributed by atoms with Crippen LogP contribution in [0.25, 0.3) is 0 Å². The highest BCUT2D eigenvalue weighted by Gasteiger charge is 2.35. The Hall–Kier alpha value is -3.15. The molecule has 6 nitrogen and oxygen atoms in total. The summed E-state index contributed by atoms with van der Waals surface area (Å²) in [6.45, 7) is 6.38. The highest BCUT2D eigenvalue weighted by molar-refractivity contribution is 6.04. The molecule has 1 aliphatic heterocycles. The fraction of sp³-hybridized carbons (Fsp3) is 0.348. The lowest BCUT2D eigenvalue weighted by Gasteiger charge is -2.19. The van der Waals surface area contributed by atoms with Crippen molar-refractivity contribution < 1.29 is 19.1 Å². The Morgan fingerprint density at radius 1 is 1.17 bits per heavy atom. The van der Waals surface area contributed by atoms with Gasteiger partial charge in [0.1, 0.15) is 0 Å². The van der Waals surface area contributed by atoms with Gasteiger partial charge in [-0.3, -0.25) is 9.59 Å². The van der Waals surface area contributed by atoms with Crippen LogP contribution in [0.4, 0.5) is 11.4 Å². The standard InChI is InChI=1S/C23H26N2O4/c1-14(2)16-6-5-7-19(11-16)25-13-18(12-21(25)26)22(27)24-20-9-8-17(10-15(20)3)23(28)29-4/h5-11,14,18H,12-13H2,1-4H3,(H,24,27)/t18-/m0/s1. The summed E-state index contributed by atoms with van der Waals surface area (Å²) in [7, 11) is 1.33. The van der Waals surface area contributed by atoms with E-state index in [0.29, 0.717) is 23.7 Å². The average Bonchev–Trinajstić information content (AvgIpc) is 3.10. The first-order valence-electron chi connectivity index (χ1n) is 9.70. The van der Waals surface area contributed by atoms with Gasteiger partial charge in [0.2, 0.25) is 11.8 Å². The number of nitrogens with one attached hydrogen (secondary N) is 1. The van der Waals surface area contributed by atoms with Crippen LogP contribution >= 0.6 is 0 Å². The van der Waals surface area contributed by atoms with Crippen molar-refractivity contribution >= 4 is 29.2 Å². The number of rotatable bonds is 5. The van der Waals surface area contributed by atoms with Crippen molar-refractivity contribution in [1.29, 1.82) is 0 Å². The molecule has 0 unspecified atom stereocenters. The Morgan fingerprint density at radius 2 is 1.93 bits per heavy atom. The quantitative estimate of drug-likeness (QED) is 0.781. The SMILES string of the molecule is COC(=O)c1ccc(NC(=O)[C@H]2CC(=O)N(c3cccc(C(C)C)c3)C2)c(C)c1. The highest BCUT2D eigenvalue weighted by atomic mass is 16.5. The van der Waals surface area contributed by atoms with Gasteiger partial charge in [0.25, 0.3) is 0 Å². The summed E-state index contributed by atoms with van der Waals surface area (Å²) in [5.41, 5.74) is 3.79. The number of amides is 2. The van der Waals surface area contributed by atoms with Gasteiger partial charge in [0.05, 0.1) is 18.6 Å². The van der Waals surface area contributed by atoms with Crippen LogP contribution in [0.3, 0.4) is 0 Å². The zero-order valence-electron chi connectivity index (χ0n) is 17.2. The molecule has 1 N–H and O–H groups in total. The van der Waals surface area contributed by atoms with Crippen LogP contribution in [0.1, 0.15) is 47.7 Å². The summed E-state index contributed by atoms with van der Waals surface area (Å²) >= 11 is 0. The van der Waals surface area contributed by atoms with E-state index in [9.17, 15) is 14.4 Å². The molecule has 1 aliphatic rings. The molecule has 2 aromatic rings. The van der Waals surface area contributed by atoms with E-state index in [0.717, 1.165) is 16.8 Å². The van der Waals surface area contributed by atoms with Gasteiger partial charge in [-0.1, -0.05) is 26.0 Å². The third-order valence-corrected chi connectivity index (χ3v) is 5.25. The molecular formula is C23H26N2O4. The molecule has 152 valence electrons. The number of carbonyl (C=O) groups excluding carboxylic acids is 3. The predicted octanol–water partition coefficient (Wildman–Crippen LogP) is 3.90. The van der Waals surface area contributed by atoms with Crippen LogP contribution in [-0.4, -0.2) is 31.4 Å². The maximum atomic E-state index is 12.8. The molecule has 0 aliphatic carbocycles. The normalized spacial score (nSPS) is 16.2. The molecule has 0 spiro atoms. The molecule has 2 aromatic carbocycles. The van der Waals surface area contributed by atoms with Gasteiger partial charge >= 0.3 is 5.97 Å². The lowest BCUT2D eigenvalue weighted by Crippen LogP contribution is -2.28. The third kappa shape index (κ3) is 4.47. The maximum Gasteiger partial charge on any atom is 0.337 e. The fourth-order valence-corrected chi connectivity index (χ4v) is 3.47. The Balaban J connectivity index is 1.71. The van der Waals surface area contributed by atoms with E-state index in [1.807, 2.05) is 31.2 Å². The van der Waals surface area contributed by atoms with Crippen LogP contribution in [0.2, 0.25) is 0 Å². The number of ether oxygens (including phenoxy) is 1. The van der Waals surface area contributed by atoms with Crippen molar-refractivity contribution in [3.63, 3.8) is 0 Å². The second kappa shape index (κ2) is 8.47. The first-order chi connectivity index (χ1) is 13.8. The van der Waals surface area contributed by atoms with E-state index >= 15 is 0 Å². The van der Waals surface area contributed by atoms with Crippen LogP contribution in [-0.2, 0) is 14.3 Å². The monoisotopic (exact) mass is 394 g/mol. The lowest BCUT2D eigenvalue weighted by atomic mass is 10.0. The minimum atomic E-state index is -0.426. The third-order valence-electron chi connectivity index (χ3n) is 5.25. The van der Waals surface area contributed by atoms with Crippen molar-refractivity contribution in [2.45, 2.75) is 33.1 Å². The topological polar surface area (TPSA) is 75.7 Å². The number of benzene rings is 2. The summed E-state index contributed by atoms with van der Waals surface area (Å²) in [6, 6.07) is 12.9. The van der Waals surface area contributed by atoms with Gasteiger partial charge in [-0.05, 0) is 54.3 Å². The molecule has 2 amide bonds. The Morgan fingerprint density at radius 3 is 2.59 bits per heavy atom. The number of methoxy groups -OCH3 is 1. The Bertz CT molecular complexity index is 952. The molecule has 0 radical (unpaired) electrons. The first kappa shape index (κ1) is 20.6. The van der Waals surface area contributed by atoms with Gasteiger partial charge in [0.15, 0.2) is 0 Å². The average molecular weight is 394 g/mol. The van der Waals surface area contributed by atoms with Crippen LogP contribution in [0.5, 0.6) is 0 Å². The van der Waals surface area contributed by atoms with E-state index in [4.69, 9.17) is 4.74 Å². The summed E-state index contributed by atoms with van der Waals surface area (Å²) in [4.78, 5) is 38.6. The smallest absolute Gasteiger partial charge is 0.337 e. The van der Waals surface area contributed by atoms with Crippen molar-refractivity contribution in [1.82, 2.24) is 0 Å². The van der Waals surface area contributed by atoms with Crippen molar-refractivity contribution in [2.75, 3.05) is 23.9 Å². The van der Waals surface area contributed by atoms with Gasteiger partial charge in [-0.15, -0.1) is 0 Å². The molecule has 29 heavy (non-hydrogen) atoms. The Labute approximate surface area is 170 Å². The van der Waals surface area contributed by atoms with E-state index in [1.165, 1.54) is 7.11 Å². The second-order valence-corrected chi connectivity index (χ2v) is 7.67. The number of nitrogens with zero attached hydrogens (tertiary/aromatic N) is 1. The van der Waals surface area contributed by atoms with Crippen molar-refractivity contribution in [2.24, 2.45) is 5.92 Å². The summed E-state index contributed by atoms with van der Waals surface area (Å²) in [5.74, 6) is -0.738.